The smallest absolute Gasteiger partial charge is 0.243 e. The van der Waals surface area contributed by atoms with Gasteiger partial charge in [0.25, 0.3) is 0 Å². The van der Waals surface area contributed by atoms with E-state index in [0.29, 0.717) is 0 Å². The quantitative estimate of drug-likeness (QED) is 0.797. The summed E-state index contributed by atoms with van der Waals surface area (Å²) in [4.78, 5) is 0.182. The van der Waals surface area contributed by atoms with E-state index >= 15 is 0 Å². The number of H-pyrrole nitrogens is 1. The van der Waals surface area contributed by atoms with Crippen LogP contribution in [0.2, 0.25) is 0 Å². The van der Waals surface area contributed by atoms with Crippen molar-refractivity contribution in [1.82, 2.24) is 14.9 Å². The highest BCUT2D eigenvalue weighted by atomic mass is 32.2. The van der Waals surface area contributed by atoms with Crippen LogP contribution < -0.4 is 4.72 Å². The van der Waals surface area contributed by atoms with Gasteiger partial charge in [-0.2, -0.15) is 5.10 Å². The van der Waals surface area contributed by atoms with E-state index in [9.17, 15) is 8.42 Å². The summed E-state index contributed by atoms with van der Waals surface area (Å²) in [5.41, 5.74) is 0. The highest BCUT2D eigenvalue weighted by molar-refractivity contribution is 7.89. The van der Waals surface area contributed by atoms with E-state index in [1.54, 1.807) is 0 Å². The Balaban J connectivity index is 2.81. The summed E-state index contributed by atoms with van der Waals surface area (Å²) in [6.07, 6.45) is 3.44. The first-order valence-electron chi connectivity index (χ1n) is 4.98. The zero-order valence-electron chi connectivity index (χ0n) is 9.19. The lowest BCUT2D eigenvalue weighted by Gasteiger charge is -2.19. The second-order valence-electron chi connectivity index (χ2n) is 3.81. The van der Waals surface area contributed by atoms with Gasteiger partial charge in [0.05, 0.1) is 6.20 Å². The average Bonchev–Trinajstić information content (AvgIpc) is 2.67. The molecule has 15 heavy (non-hydrogen) atoms. The van der Waals surface area contributed by atoms with Crippen LogP contribution in [0.25, 0.3) is 0 Å². The molecule has 0 saturated heterocycles. The summed E-state index contributed by atoms with van der Waals surface area (Å²) in [5, 5.41) is 6.11. The molecule has 0 saturated carbocycles. The highest BCUT2D eigenvalue weighted by Gasteiger charge is 2.21. The number of aromatic amines is 1. The summed E-state index contributed by atoms with van der Waals surface area (Å²) in [5.74, 6) is 0.275. The van der Waals surface area contributed by atoms with Crippen LogP contribution in [-0.2, 0) is 10.0 Å². The standard InChI is InChI=1S/C9H17N3O2S/c1-4-9(7(2)3)12-15(13,14)8-5-10-11-6-8/h5-7,9,12H,4H2,1-3H3,(H,10,11). The van der Waals surface area contributed by atoms with Crippen molar-refractivity contribution < 1.29 is 8.42 Å². The van der Waals surface area contributed by atoms with Gasteiger partial charge < -0.3 is 0 Å². The van der Waals surface area contributed by atoms with Crippen LogP contribution in [0.5, 0.6) is 0 Å². The first-order valence-corrected chi connectivity index (χ1v) is 6.46. The molecule has 0 fully saturated rings. The van der Waals surface area contributed by atoms with Gasteiger partial charge in [0.15, 0.2) is 0 Å². The third-order valence-corrected chi connectivity index (χ3v) is 3.79. The minimum atomic E-state index is -3.42. The molecular formula is C9H17N3O2S. The molecule has 1 heterocycles. The zero-order chi connectivity index (χ0) is 11.5. The molecule has 0 spiro atoms. The fourth-order valence-electron chi connectivity index (χ4n) is 1.34. The van der Waals surface area contributed by atoms with Crippen molar-refractivity contribution in [2.45, 2.75) is 38.1 Å². The van der Waals surface area contributed by atoms with Gasteiger partial charge >= 0.3 is 0 Å². The Kier molecular flexibility index (Phi) is 3.87. The van der Waals surface area contributed by atoms with E-state index in [2.05, 4.69) is 14.9 Å². The third kappa shape index (κ3) is 3.04. The number of hydrogen-bond acceptors (Lipinski definition) is 3. The predicted molar refractivity (Wildman–Crippen MR) is 57.8 cm³/mol. The molecule has 1 unspecified atom stereocenters. The van der Waals surface area contributed by atoms with E-state index < -0.39 is 10.0 Å². The molecule has 1 atom stereocenters. The van der Waals surface area contributed by atoms with Gasteiger partial charge in [0.1, 0.15) is 4.90 Å². The van der Waals surface area contributed by atoms with Crippen molar-refractivity contribution in [2.24, 2.45) is 5.92 Å². The molecule has 0 radical (unpaired) electrons. The Morgan fingerprint density at radius 3 is 2.60 bits per heavy atom. The maximum atomic E-state index is 11.8. The Bertz CT molecular complexity index is 383. The molecule has 86 valence electrons. The van der Waals surface area contributed by atoms with Crippen LogP contribution in [0.3, 0.4) is 0 Å². The minimum absolute atomic E-state index is 0.0371. The van der Waals surface area contributed by atoms with E-state index in [1.165, 1.54) is 12.4 Å². The molecule has 0 amide bonds. The molecule has 1 aromatic heterocycles. The van der Waals surface area contributed by atoms with E-state index in [0.717, 1.165) is 6.42 Å². The summed E-state index contributed by atoms with van der Waals surface area (Å²) < 4.78 is 26.2. The lowest BCUT2D eigenvalue weighted by atomic mass is 10.0. The minimum Gasteiger partial charge on any atom is -0.284 e. The summed E-state index contributed by atoms with van der Waals surface area (Å²) >= 11 is 0. The van der Waals surface area contributed by atoms with Crippen LogP contribution in [-0.4, -0.2) is 24.7 Å². The van der Waals surface area contributed by atoms with Crippen LogP contribution in [0, 0.1) is 5.92 Å². The second-order valence-corrected chi connectivity index (χ2v) is 5.53. The number of hydrogen-bond donors (Lipinski definition) is 2. The molecule has 2 N–H and O–H groups in total. The van der Waals surface area contributed by atoms with E-state index in [1.807, 2.05) is 20.8 Å². The van der Waals surface area contributed by atoms with Crippen LogP contribution >= 0.6 is 0 Å². The monoisotopic (exact) mass is 231 g/mol. The van der Waals surface area contributed by atoms with Crippen LogP contribution in [0.15, 0.2) is 17.3 Å². The van der Waals surface area contributed by atoms with E-state index in [-0.39, 0.29) is 16.9 Å². The van der Waals surface area contributed by atoms with Crippen molar-refractivity contribution in [3.63, 3.8) is 0 Å². The zero-order valence-corrected chi connectivity index (χ0v) is 10.0. The van der Waals surface area contributed by atoms with Crippen LogP contribution in [0.4, 0.5) is 0 Å². The second kappa shape index (κ2) is 4.76. The summed E-state index contributed by atoms with van der Waals surface area (Å²) in [6, 6.07) is -0.0371. The summed E-state index contributed by atoms with van der Waals surface area (Å²) in [7, 11) is -3.42. The largest absolute Gasteiger partial charge is 0.284 e. The average molecular weight is 231 g/mol. The molecule has 1 aromatic rings. The number of sulfonamides is 1. The molecule has 6 heteroatoms. The number of aromatic nitrogens is 2. The van der Waals surface area contributed by atoms with Crippen molar-refractivity contribution in [1.29, 1.82) is 0 Å². The molecule has 0 aliphatic heterocycles. The number of rotatable bonds is 5. The van der Waals surface area contributed by atoms with Gasteiger partial charge in [-0.15, -0.1) is 0 Å². The fraction of sp³-hybridized carbons (Fsp3) is 0.667. The molecular weight excluding hydrogens is 214 g/mol. The molecule has 0 bridgehead atoms. The Hall–Kier alpha value is -0.880. The Labute approximate surface area is 90.3 Å². The number of nitrogens with one attached hydrogen (secondary N) is 2. The van der Waals surface area contributed by atoms with Crippen LogP contribution in [0.1, 0.15) is 27.2 Å². The first-order chi connectivity index (χ1) is 6.97. The van der Waals surface area contributed by atoms with E-state index in [4.69, 9.17) is 0 Å². The topological polar surface area (TPSA) is 74.8 Å². The SMILES string of the molecule is CCC(NS(=O)(=O)c1cn[nH]c1)C(C)C. The maximum absolute atomic E-state index is 11.8. The Morgan fingerprint density at radius 1 is 1.53 bits per heavy atom. The fourth-order valence-corrected chi connectivity index (χ4v) is 2.72. The van der Waals surface area contributed by atoms with Gasteiger partial charge in [0.2, 0.25) is 10.0 Å². The lowest BCUT2D eigenvalue weighted by Crippen LogP contribution is -2.37. The molecule has 0 aliphatic rings. The number of nitrogens with zero attached hydrogens (tertiary/aromatic N) is 1. The normalized spacial score (nSPS) is 14.4. The predicted octanol–water partition coefficient (Wildman–Crippen LogP) is 1.12. The van der Waals surface area contributed by atoms with Gasteiger partial charge in [-0.25, -0.2) is 13.1 Å². The summed E-state index contributed by atoms with van der Waals surface area (Å²) in [6.45, 7) is 5.95. The van der Waals surface area contributed by atoms with Crippen molar-refractivity contribution in [2.75, 3.05) is 0 Å². The van der Waals surface area contributed by atoms with Gasteiger partial charge in [0, 0.05) is 12.2 Å². The molecule has 5 nitrogen and oxygen atoms in total. The maximum Gasteiger partial charge on any atom is 0.243 e. The van der Waals surface area contributed by atoms with Gasteiger partial charge in [-0.05, 0) is 12.3 Å². The van der Waals surface area contributed by atoms with Gasteiger partial charge in [-0.3, -0.25) is 5.10 Å². The van der Waals surface area contributed by atoms with Crippen molar-refractivity contribution in [3.8, 4) is 0 Å². The first kappa shape index (κ1) is 12.2. The highest BCUT2D eigenvalue weighted by Crippen LogP contribution is 2.11. The third-order valence-electron chi connectivity index (χ3n) is 2.33. The van der Waals surface area contributed by atoms with Crippen molar-refractivity contribution in [3.05, 3.63) is 12.4 Å². The lowest BCUT2D eigenvalue weighted by molar-refractivity contribution is 0.437. The Morgan fingerprint density at radius 2 is 2.20 bits per heavy atom. The molecule has 0 aliphatic carbocycles. The molecule has 0 aromatic carbocycles. The van der Waals surface area contributed by atoms with Gasteiger partial charge in [-0.1, -0.05) is 20.8 Å². The van der Waals surface area contributed by atoms with Crippen molar-refractivity contribution >= 4 is 10.0 Å². The molecule has 1 rings (SSSR count).